The maximum absolute atomic E-state index is 12.8. The molecule has 4 rings (SSSR count). The summed E-state index contributed by atoms with van der Waals surface area (Å²) in [7, 11) is 0. The van der Waals surface area contributed by atoms with Crippen LogP contribution in [0.2, 0.25) is 0 Å². The van der Waals surface area contributed by atoms with Gasteiger partial charge in [-0.15, -0.1) is 11.3 Å². The fraction of sp³-hybridized carbons (Fsp3) is 0.118. The number of imide groups is 1. The van der Waals surface area contributed by atoms with Crippen molar-refractivity contribution in [2.45, 2.75) is 11.3 Å². The zero-order valence-corrected chi connectivity index (χ0v) is 15.1. The number of amides is 2. The van der Waals surface area contributed by atoms with Crippen molar-refractivity contribution in [3.05, 3.63) is 57.6 Å². The van der Waals surface area contributed by atoms with E-state index >= 15 is 0 Å². The molecule has 0 unspecified atom stereocenters. The SMILES string of the molecule is CCSc1nc2ccc(N3C(=O)c4cccc([N+](=O)[O-])c4C3=O)cc2s1. The first-order valence-electron chi connectivity index (χ1n) is 7.71. The summed E-state index contributed by atoms with van der Waals surface area (Å²) in [5.74, 6) is -0.334. The Kier molecular flexibility index (Phi) is 3.97. The van der Waals surface area contributed by atoms with Crippen molar-refractivity contribution in [1.29, 1.82) is 0 Å². The second-order valence-electron chi connectivity index (χ2n) is 5.47. The van der Waals surface area contributed by atoms with Crippen LogP contribution in [-0.4, -0.2) is 27.5 Å². The first kappa shape index (κ1) is 16.7. The number of nitro groups is 1. The lowest BCUT2D eigenvalue weighted by molar-refractivity contribution is -0.385. The number of rotatable bonds is 4. The van der Waals surface area contributed by atoms with Crippen molar-refractivity contribution in [3.8, 4) is 0 Å². The molecule has 0 fully saturated rings. The van der Waals surface area contributed by atoms with Gasteiger partial charge in [0.05, 0.1) is 26.4 Å². The normalized spacial score (nSPS) is 13.5. The molecule has 1 aliphatic heterocycles. The van der Waals surface area contributed by atoms with E-state index in [9.17, 15) is 19.7 Å². The Balaban J connectivity index is 1.80. The minimum Gasteiger partial charge on any atom is -0.268 e. The van der Waals surface area contributed by atoms with Gasteiger partial charge in [0, 0.05) is 6.07 Å². The summed E-state index contributed by atoms with van der Waals surface area (Å²) in [5.41, 5.74) is 0.709. The summed E-state index contributed by atoms with van der Waals surface area (Å²) in [6, 6.07) is 9.18. The predicted octanol–water partition coefficient (Wildman–Crippen LogP) is 4.12. The quantitative estimate of drug-likeness (QED) is 0.290. The maximum Gasteiger partial charge on any atom is 0.283 e. The number of benzene rings is 2. The van der Waals surface area contributed by atoms with Crippen molar-refractivity contribution < 1.29 is 14.5 Å². The summed E-state index contributed by atoms with van der Waals surface area (Å²) in [6.45, 7) is 2.04. The van der Waals surface area contributed by atoms with Crippen LogP contribution in [-0.2, 0) is 0 Å². The van der Waals surface area contributed by atoms with E-state index < -0.39 is 16.7 Å². The average molecular weight is 385 g/mol. The second kappa shape index (κ2) is 6.19. The summed E-state index contributed by atoms with van der Waals surface area (Å²) in [5, 5.41) is 11.2. The fourth-order valence-corrected chi connectivity index (χ4v) is 4.87. The van der Waals surface area contributed by atoms with Crippen LogP contribution in [0.1, 0.15) is 27.6 Å². The summed E-state index contributed by atoms with van der Waals surface area (Å²) in [6.07, 6.45) is 0. The van der Waals surface area contributed by atoms with Crippen LogP contribution in [0, 0.1) is 10.1 Å². The zero-order valence-electron chi connectivity index (χ0n) is 13.5. The van der Waals surface area contributed by atoms with Gasteiger partial charge in [0.15, 0.2) is 4.34 Å². The van der Waals surface area contributed by atoms with E-state index in [1.807, 2.05) is 6.92 Å². The molecule has 0 atom stereocenters. The summed E-state index contributed by atoms with van der Waals surface area (Å²) < 4.78 is 1.77. The van der Waals surface area contributed by atoms with Gasteiger partial charge < -0.3 is 0 Å². The lowest BCUT2D eigenvalue weighted by Crippen LogP contribution is -2.29. The molecular weight excluding hydrogens is 374 g/mol. The third-order valence-electron chi connectivity index (χ3n) is 3.97. The highest BCUT2D eigenvalue weighted by molar-refractivity contribution is 8.01. The Morgan fingerprint density at radius 1 is 1.23 bits per heavy atom. The van der Waals surface area contributed by atoms with Crippen LogP contribution in [0.3, 0.4) is 0 Å². The third-order valence-corrected chi connectivity index (χ3v) is 6.01. The van der Waals surface area contributed by atoms with E-state index in [2.05, 4.69) is 4.98 Å². The van der Waals surface area contributed by atoms with Crippen molar-refractivity contribution >= 4 is 56.5 Å². The fourth-order valence-electron chi connectivity index (χ4n) is 2.87. The molecular formula is C17H11N3O4S2. The molecule has 0 saturated heterocycles. The largest absolute Gasteiger partial charge is 0.283 e. The highest BCUT2D eigenvalue weighted by atomic mass is 32.2. The van der Waals surface area contributed by atoms with Gasteiger partial charge >= 0.3 is 0 Å². The Hall–Kier alpha value is -2.78. The van der Waals surface area contributed by atoms with Crippen LogP contribution in [0.25, 0.3) is 10.2 Å². The third kappa shape index (κ3) is 2.47. The smallest absolute Gasteiger partial charge is 0.268 e. The van der Waals surface area contributed by atoms with E-state index in [4.69, 9.17) is 0 Å². The van der Waals surface area contributed by atoms with Crippen LogP contribution in [0.4, 0.5) is 11.4 Å². The lowest BCUT2D eigenvalue weighted by atomic mass is 10.1. The van der Waals surface area contributed by atoms with Crippen molar-refractivity contribution in [1.82, 2.24) is 4.98 Å². The molecule has 9 heteroatoms. The molecule has 1 aromatic heterocycles. The van der Waals surface area contributed by atoms with Crippen LogP contribution in [0.15, 0.2) is 40.7 Å². The molecule has 2 heterocycles. The minimum atomic E-state index is -0.677. The second-order valence-corrected chi connectivity index (χ2v) is 8.01. The first-order valence-corrected chi connectivity index (χ1v) is 9.51. The molecule has 0 saturated carbocycles. The Morgan fingerprint density at radius 2 is 2.04 bits per heavy atom. The summed E-state index contributed by atoms with van der Waals surface area (Å²) >= 11 is 3.10. The predicted molar refractivity (Wildman–Crippen MR) is 100 cm³/mol. The summed E-state index contributed by atoms with van der Waals surface area (Å²) in [4.78, 5) is 41.5. The standard InChI is InChI=1S/C17H11N3O4S2/c1-2-25-17-18-11-7-6-9(8-13(11)26-17)19-15(21)10-4-3-5-12(20(23)24)14(10)16(19)22/h3-8H,2H2,1H3. The van der Waals surface area contributed by atoms with Gasteiger partial charge in [-0.25, -0.2) is 9.88 Å². The topological polar surface area (TPSA) is 93.4 Å². The van der Waals surface area contributed by atoms with Crippen LogP contribution >= 0.6 is 23.1 Å². The Morgan fingerprint density at radius 3 is 2.77 bits per heavy atom. The number of nitro benzene ring substituents is 1. The van der Waals surface area contributed by atoms with Crippen molar-refractivity contribution in [2.75, 3.05) is 10.7 Å². The van der Waals surface area contributed by atoms with Gasteiger partial charge in [0.2, 0.25) is 0 Å². The van der Waals surface area contributed by atoms with Gasteiger partial charge in [-0.1, -0.05) is 24.8 Å². The number of carbonyl (C=O) groups excluding carboxylic acids is 2. The number of fused-ring (bicyclic) bond motifs is 2. The minimum absolute atomic E-state index is 0.0517. The van der Waals surface area contributed by atoms with E-state index in [1.165, 1.54) is 29.5 Å². The average Bonchev–Trinajstić information content (AvgIpc) is 3.13. The lowest BCUT2D eigenvalue weighted by Gasteiger charge is -2.13. The molecule has 130 valence electrons. The van der Waals surface area contributed by atoms with E-state index in [0.29, 0.717) is 5.69 Å². The van der Waals surface area contributed by atoms with Gasteiger partial charge in [-0.05, 0) is 30.0 Å². The Labute approximate surface area is 155 Å². The van der Waals surface area contributed by atoms with Gasteiger partial charge in [0.25, 0.3) is 17.5 Å². The monoisotopic (exact) mass is 385 g/mol. The molecule has 0 spiro atoms. The molecule has 0 N–H and O–H groups in total. The van der Waals surface area contributed by atoms with Crippen molar-refractivity contribution in [2.24, 2.45) is 0 Å². The maximum atomic E-state index is 12.8. The molecule has 3 aromatic rings. The van der Waals surface area contributed by atoms with Crippen molar-refractivity contribution in [3.63, 3.8) is 0 Å². The number of thiazole rings is 1. The number of anilines is 1. The van der Waals surface area contributed by atoms with E-state index in [1.54, 1.807) is 30.0 Å². The first-order chi connectivity index (χ1) is 12.5. The highest BCUT2D eigenvalue weighted by Gasteiger charge is 2.41. The molecule has 7 nitrogen and oxygen atoms in total. The van der Waals surface area contributed by atoms with Gasteiger partial charge in [-0.2, -0.15) is 0 Å². The molecule has 0 radical (unpaired) electrons. The number of aromatic nitrogens is 1. The number of thioether (sulfide) groups is 1. The highest BCUT2D eigenvalue weighted by Crippen LogP contribution is 2.37. The number of hydrogen-bond acceptors (Lipinski definition) is 7. The molecule has 0 aliphatic carbocycles. The Bertz CT molecular complexity index is 1090. The molecule has 0 bridgehead atoms. The molecule has 2 amide bonds. The number of carbonyl (C=O) groups is 2. The molecule has 2 aromatic carbocycles. The molecule has 26 heavy (non-hydrogen) atoms. The molecule has 1 aliphatic rings. The van der Waals surface area contributed by atoms with E-state index in [-0.39, 0.29) is 16.8 Å². The van der Waals surface area contributed by atoms with Crippen LogP contribution in [0.5, 0.6) is 0 Å². The van der Waals surface area contributed by atoms with Crippen LogP contribution < -0.4 is 4.90 Å². The van der Waals surface area contributed by atoms with E-state index in [0.717, 1.165) is 25.2 Å². The van der Waals surface area contributed by atoms with Gasteiger partial charge in [-0.3, -0.25) is 19.7 Å². The number of nitrogens with zero attached hydrogens (tertiary/aromatic N) is 3. The zero-order chi connectivity index (χ0) is 18.4. The number of hydrogen-bond donors (Lipinski definition) is 0. The van der Waals surface area contributed by atoms with Gasteiger partial charge in [0.1, 0.15) is 5.56 Å².